The molecular formula is C13H11F3O7S. The van der Waals surface area contributed by atoms with Gasteiger partial charge in [0.05, 0.1) is 6.61 Å². The molecule has 2 heterocycles. The third-order valence-corrected chi connectivity index (χ3v) is 4.47. The summed E-state index contributed by atoms with van der Waals surface area (Å²) in [5.41, 5.74) is -5.11. The normalized spacial score (nSPS) is 30.7. The van der Waals surface area contributed by atoms with Gasteiger partial charge in [-0.3, -0.25) is 0 Å². The number of hydrogen-bond donors (Lipinski definition) is 0. The molecule has 0 saturated carbocycles. The van der Waals surface area contributed by atoms with Gasteiger partial charge in [0.1, 0.15) is 6.10 Å². The van der Waals surface area contributed by atoms with E-state index in [2.05, 4.69) is 4.18 Å². The average molecular weight is 368 g/mol. The van der Waals surface area contributed by atoms with Crippen LogP contribution in [-0.4, -0.2) is 44.8 Å². The molecule has 0 aromatic heterocycles. The molecule has 11 heteroatoms. The Balaban J connectivity index is 1.80. The van der Waals surface area contributed by atoms with E-state index < -0.39 is 46.2 Å². The number of halogens is 3. The zero-order chi connectivity index (χ0) is 17.5. The average Bonchev–Trinajstić information content (AvgIpc) is 2.82. The molecule has 0 radical (unpaired) electrons. The fourth-order valence-electron chi connectivity index (χ4n) is 2.33. The summed E-state index contributed by atoms with van der Waals surface area (Å²) in [5, 5.41) is 0. The van der Waals surface area contributed by atoms with E-state index in [1.807, 2.05) is 0 Å². The van der Waals surface area contributed by atoms with Crippen LogP contribution in [0.2, 0.25) is 0 Å². The van der Waals surface area contributed by atoms with Gasteiger partial charge in [0.15, 0.2) is 12.4 Å². The van der Waals surface area contributed by atoms with Crippen molar-refractivity contribution < 1.29 is 44.8 Å². The second-order valence-corrected chi connectivity index (χ2v) is 6.63. The number of alkyl halides is 3. The highest BCUT2D eigenvalue weighted by Gasteiger charge is 2.57. The van der Waals surface area contributed by atoms with Gasteiger partial charge in [-0.2, -0.15) is 21.6 Å². The lowest BCUT2D eigenvalue weighted by Gasteiger charge is -2.32. The summed E-state index contributed by atoms with van der Waals surface area (Å²) in [6.07, 6.45) is -5.42. The van der Waals surface area contributed by atoms with Gasteiger partial charge >= 0.3 is 21.6 Å². The summed E-state index contributed by atoms with van der Waals surface area (Å²) in [4.78, 5) is 11.7. The molecule has 7 nitrogen and oxygen atoms in total. The maximum atomic E-state index is 12.4. The fourth-order valence-corrected chi connectivity index (χ4v) is 2.90. The van der Waals surface area contributed by atoms with Crippen LogP contribution in [0.4, 0.5) is 13.2 Å². The molecule has 24 heavy (non-hydrogen) atoms. The highest BCUT2D eigenvalue weighted by atomic mass is 32.2. The van der Waals surface area contributed by atoms with E-state index in [1.54, 1.807) is 30.3 Å². The number of benzene rings is 1. The van der Waals surface area contributed by atoms with Crippen molar-refractivity contribution >= 4 is 16.1 Å². The Labute approximate surface area is 134 Å². The first-order valence-corrected chi connectivity index (χ1v) is 8.12. The highest BCUT2D eigenvalue weighted by molar-refractivity contribution is 7.87. The Bertz CT molecular complexity index is 719. The van der Waals surface area contributed by atoms with Crippen LogP contribution < -0.4 is 0 Å². The Morgan fingerprint density at radius 2 is 1.83 bits per heavy atom. The molecule has 0 bridgehead atoms. The van der Waals surface area contributed by atoms with Crippen molar-refractivity contribution in [3.63, 3.8) is 0 Å². The van der Waals surface area contributed by atoms with Crippen molar-refractivity contribution in [3.05, 3.63) is 35.9 Å². The van der Waals surface area contributed by atoms with Gasteiger partial charge in [-0.25, -0.2) is 8.98 Å². The number of carbonyl (C=O) groups excluding carboxylic acids is 1. The predicted molar refractivity (Wildman–Crippen MR) is 69.7 cm³/mol. The summed E-state index contributed by atoms with van der Waals surface area (Å²) in [7, 11) is -5.97. The molecule has 0 amide bonds. The van der Waals surface area contributed by atoms with Crippen LogP contribution in [0.5, 0.6) is 0 Å². The standard InChI is InChI=1S/C13H11F3O7S/c14-13(15,16)24(18,19)23-10-9-8(21-11(10)17)6-20-12(22-9)7-4-2-1-3-5-7/h1-5,8-10,12H,6H2/t8-,9+,10-,12+/m1/s1. The van der Waals surface area contributed by atoms with Gasteiger partial charge in [-0.05, 0) is 0 Å². The molecule has 2 fully saturated rings. The van der Waals surface area contributed by atoms with E-state index in [0.29, 0.717) is 5.56 Å². The van der Waals surface area contributed by atoms with Gasteiger partial charge in [0.2, 0.25) is 6.10 Å². The Morgan fingerprint density at radius 3 is 2.46 bits per heavy atom. The summed E-state index contributed by atoms with van der Waals surface area (Å²) < 4.78 is 79.2. The second-order valence-electron chi connectivity index (χ2n) is 5.07. The van der Waals surface area contributed by atoms with Crippen LogP contribution in [0.3, 0.4) is 0 Å². The Hall–Kier alpha value is -1.69. The van der Waals surface area contributed by atoms with Crippen LogP contribution in [0, 0.1) is 0 Å². The fraction of sp³-hybridized carbons (Fsp3) is 0.462. The first kappa shape index (κ1) is 17.1. The van der Waals surface area contributed by atoms with Crippen molar-refractivity contribution in [2.24, 2.45) is 0 Å². The quantitative estimate of drug-likeness (QED) is 0.451. The third kappa shape index (κ3) is 3.11. The second kappa shape index (κ2) is 5.99. The van der Waals surface area contributed by atoms with E-state index in [4.69, 9.17) is 14.2 Å². The lowest BCUT2D eigenvalue weighted by molar-refractivity contribution is -0.250. The highest BCUT2D eigenvalue weighted by Crippen LogP contribution is 2.36. The van der Waals surface area contributed by atoms with Gasteiger partial charge in [0.25, 0.3) is 0 Å². The predicted octanol–water partition coefficient (Wildman–Crippen LogP) is 1.26. The minimum atomic E-state index is -5.97. The lowest BCUT2D eigenvalue weighted by atomic mass is 10.1. The number of rotatable bonds is 3. The molecule has 0 spiro atoms. The zero-order valence-electron chi connectivity index (χ0n) is 11.8. The number of fused-ring (bicyclic) bond motifs is 1. The van der Waals surface area contributed by atoms with E-state index in [1.165, 1.54) is 0 Å². The molecule has 0 unspecified atom stereocenters. The van der Waals surface area contributed by atoms with Gasteiger partial charge < -0.3 is 14.2 Å². The van der Waals surface area contributed by atoms with Gasteiger partial charge in [0, 0.05) is 5.56 Å². The van der Waals surface area contributed by atoms with Gasteiger partial charge in [-0.15, -0.1) is 0 Å². The van der Waals surface area contributed by atoms with Crippen LogP contribution >= 0.6 is 0 Å². The molecule has 4 atom stereocenters. The molecule has 132 valence electrons. The zero-order valence-corrected chi connectivity index (χ0v) is 12.6. The summed E-state index contributed by atoms with van der Waals surface area (Å²) >= 11 is 0. The maximum absolute atomic E-state index is 12.4. The molecule has 2 aliphatic rings. The minimum absolute atomic E-state index is 0.165. The largest absolute Gasteiger partial charge is 0.523 e. The molecular weight excluding hydrogens is 357 g/mol. The smallest absolute Gasteiger partial charge is 0.455 e. The number of esters is 1. The lowest BCUT2D eigenvalue weighted by Crippen LogP contribution is -2.45. The van der Waals surface area contributed by atoms with E-state index in [0.717, 1.165) is 0 Å². The number of hydrogen-bond acceptors (Lipinski definition) is 7. The maximum Gasteiger partial charge on any atom is 0.523 e. The van der Waals surface area contributed by atoms with E-state index in [9.17, 15) is 26.4 Å². The van der Waals surface area contributed by atoms with Gasteiger partial charge in [-0.1, -0.05) is 30.3 Å². The summed E-state index contributed by atoms with van der Waals surface area (Å²) in [6.45, 7) is -0.165. The SMILES string of the molecule is O=C1O[C@@H]2CO[C@H](c3ccccc3)O[C@@H]2[C@H]1OS(=O)(=O)C(F)(F)F. The minimum Gasteiger partial charge on any atom is -0.455 e. The van der Waals surface area contributed by atoms with Crippen LogP contribution in [0.25, 0.3) is 0 Å². The van der Waals surface area contributed by atoms with E-state index >= 15 is 0 Å². The molecule has 1 aromatic rings. The summed E-state index contributed by atoms with van der Waals surface area (Å²) in [6, 6.07) is 8.40. The van der Waals surface area contributed by atoms with Crippen LogP contribution in [-0.2, 0) is 33.3 Å². The Kier molecular flexibility index (Phi) is 4.28. The molecule has 0 aliphatic carbocycles. The first-order chi connectivity index (χ1) is 11.2. The molecule has 1 aromatic carbocycles. The topological polar surface area (TPSA) is 88.1 Å². The molecule has 2 aliphatic heterocycles. The Morgan fingerprint density at radius 1 is 1.17 bits per heavy atom. The third-order valence-electron chi connectivity index (χ3n) is 3.44. The number of carbonyl (C=O) groups is 1. The van der Waals surface area contributed by atoms with Crippen molar-refractivity contribution in [2.75, 3.05) is 6.61 Å². The summed E-state index contributed by atoms with van der Waals surface area (Å²) in [5.74, 6) is -1.25. The molecule has 3 rings (SSSR count). The number of ether oxygens (including phenoxy) is 3. The van der Waals surface area contributed by atoms with Crippen molar-refractivity contribution in [3.8, 4) is 0 Å². The van der Waals surface area contributed by atoms with Crippen LogP contribution in [0.1, 0.15) is 11.9 Å². The first-order valence-electron chi connectivity index (χ1n) is 6.71. The van der Waals surface area contributed by atoms with Crippen molar-refractivity contribution in [1.29, 1.82) is 0 Å². The monoisotopic (exact) mass is 368 g/mol. The van der Waals surface area contributed by atoms with Crippen molar-refractivity contribution in [2.45, 2.75) is 30.1 Å². The molecule has 2 saturated heterocycles. The molecule has 0 N–H and O–H groups in total. The van der Waals surface area contributed by atoms with Crippen molar-refractivity contribution in [1.82, 2.24) is 0 Å². The van der Waals surface area contributed by atoms with E-state index in [-0.39, 0.29) is 6.61 Å². The van der Waals surface area contributed by atoms with Crippen LogP contribution in [0.15, 0.2) is 30.3 Å².